The van der Waals surface area contributed by atoms with Gasteiger partial charge in [-0.05, 0) is 24.3 Å². The minimum Gasteiger partial charge on any atom is -0.296 e. The summed E-state index contributed by atoms with van der Waals surface area (Å²) in [7, 11) is 0. The topological polar surface area (TPSA) is 54.9 Å². The molecule has 1 aromatic heterocycles. The van der Waals surface area contributed by atoms with Crippen LogP contribution in [0.3, 0.4) is 0 Å². The molecule has 0 unspecified atom stereocenters. The van der Waals surface area contributed by atoms with Crippen molar-refractivity contribution in [3.63, 3.8) is 0 Å². The van der Waals surface area contributed by atoms with E-state index in [0.717, 1.165) is 17.1 Å². The number of anilines is 1. The van der Waals surface area contributed by atoms with E-state index in [1.165, 1.54) is 11.8 Å². The molecule has 0 saturated carbocycles. The van der Waals surface area contributed by atoms with Crippen LogP contribution in [0.4, 0.5) is 18.3 Å². The Morgan fingerprint density at radius 3 is 2.68 bits per heavy atom. The molecule has 0 radical (unpaired) electrons. The third-order valence-electron chi connectivity index (χ3n) is 2.48. The van der Waals surface area contributed by atoms with E-state index >= 15 is 0 Å². The van der Waals surface area contributed by atoms with Crippen LogP contribution >= 0.6 is 23.1 Å². The number of halogens is 3. The number of amides is 1. The van der Waals surface area contributed by atoms with E-state index in [4.69, 9.17) is 0 Å². The highest BCUT2D eigenvalue weighted by Gasteiger charge is 2.35. The van der Waals surface area contributed by atoms with Crippen molar-refractivity contribution >= 4 is 34.1 Å². The van der Waals surface area contributed by atoms with Crippen LogP contribution in [-0.2, 0) is 6.18 Å². The number of rotatable bonds is 5. The van der Waals surface area contributed by atoms with E-state index in [1.54, 1.807) is 18.2 Å². The number of nitrogens with one attached hydrogen (secondary N) is 1. The van der Waals surface area contributed by atoms with Gasteiger partial charge < -0.3 is 0 Å². The van der Waals surface area contributed by atoms with E-state index < -0.39 is 17.1 Å². The largest absolute Gasteiger partial charge is 0.445 e. The number of hydrogen-bond acceptors (Lipinski definition) is 5. The lowest BCUT2D eigenvalue weighted by Crippen LogP contribution is -2.12. The van der Waals surface area contributed by atoms with E-state index in [2.05, 4.69) is 15.5 Å². The molecular formula is C13H12F3N3OS2. The average Bonchev–Trinajstić information content (AvgIpc) is 2.94. The van der Waals surface area contributed by atoms with Gasteiger partial charge in [-0.3, -0.25) is 10.1 Å². The first kappa shape index (κ1) is 16.8. The Labute approximate surface area is 133 Å². The van der Waals surface area contributed by atoms with Gasteiger partial charge in [0.2, 0.25) is 10.1 Å². The summed E-state index contributed by atoms with van der Waals surface area (Å²) in [4.78, 5) is 13.0. The van der Waals surface area contributed by atoms with Gasteiger partial charge in [-0.15, -0.1) is 22.0 Å². The van der Waals surface area contributed by atoms with Crippen LogP contribution in [-0.4, -0.2) is 21.9 Å². The van der Waals surface area contributed by atoms with Crippen molar-refractivity contribution in [2.45, 2.75) is 24.4 Å². The molecule has 0 spiro atoms. The lowest BCUT2D eigenvalue weighted by atomic mass is 10.2. The molecule has 4 nitrogen and oxygen atoms in total. The van der Waals surface area contributed by atoms with E-state index in [0.29, 0.717) is 16.9 Å². The zero-order valence-electron chi connectivity index (χ0n) is 11.5. The zero-order valence-corrected chi connectivity index (χ0v) is 13.1. The number of aromatic nitrogens is 2. The Balaban J connectivity index is 2.14. The van der Waals surface area contributed by atoms with Crippen LogP contribution in [0.25, 0.3) is 0 Å². The van der Waals surface area contributed by atoms with Gasteiger partial charge in [0, 0.05) is 4.90 Å². The maximum absolute atomic E-state index is 12.5. The monoisotopic (exact) mass is 347 g/mol. The Kier molecular flexibility index (Phi) is 5.41. The van der Waals surface area contributed by atoms with Gasteiger partial charge in [0.1, 0.15) is 0 Å². The molecule has 118 valence electrons. The predicted octanol–water partition coefficient (Wildman–Crippen LogP) is 4.31. The molecule has 2 aromatic rings. The molecule has 1 aromatic carbocycles. The first-order valence-corrected chi connectivity index (χ1v) is 8.16. The van der Waals surface area contributed by atoms with Crippen LogP contribution in [0.2, 0.25) is 0 Å². The van der Waals surface area contributed by atoms with Gasteiger partial charge in [0.25, 0.3) is 5.91 Å². The van der Waals surface area contributed by atoms with Gasteiger partial charge in [-0.2, -0.15) is 13.2 Å². The molecule has 0 fully saturated rings. The SMILES string of the molecule is CCCSc1ccccc1C(=O)Nc1nnc(C(F)(F)F)s1. The van der Waals surface area contributed by atoms with Crippen molar-refractivity contribution in [2.24, 2.45) is 0 Å². The third-order valence-corrected chi connectivity index (χ3v) is 4.64. The first-order chi connectivity index (χ1) is 10.4. The quantitative estimate of drug-likeness (QED) is 0.819. The van der Waals surface area contributed by atoms with Crippen LogP contribution in [0.15, 0.2) is 29.2 Å². The average molecular weight is 347 g/mol. The molecular weight excluding hydrogens is 335 g/mol. The van der Waals surface area contributed by atoms with E-state index in [9.17, 15) is 18.0 Å². The fourth-order valence-corrected chi connectivity index (χ4v) is 3.07. The summed E-state index contributed by atoms with van der Waals surface area (Å²) in [5.74, 6) is 0.352. The highest BCUT2D eigenvalue weighted by molar-refractivity contribution is 7.99. The highest BCUT2D eigenvalue weighted by atomic mass is 32.2. The summed E-state index contributed by atoms with van der Waals surface area (Å²) in [6, 6.07) is 6.93. The second-order valence-electron chi connectivity index (χ2n) is 4.21. The Hall–Kier alpha value is -1.61. The number of hydrogen-bond donors (Lipinski definition) is 1. The normalized spacial score (nSPS) is 11.5. The molecule has 0 atom stereocenters. The number of carbonyl (C=O) groups excluding carboxylic acids is 1. The van der Waals surface area contributed by atoms with Gasteiger partial charge in [0.05, 0.1) is 5.56 Å². The molecule has 0 aliphatic carbocycles. The maximum atomic E-state index is 12.5. The van der Waals surface area contributed by atoms with E-state index in [-0.39, 0.29) is 5.13 Å². The summed E-state index contributed by atoms with van der Waals surface area (Å²) in [5, 5.41) is 7.48. The number of nitrogens with zero attached hydrogens (tertiary/aromatic N) is 2. The van der Waals surface area contributed by atoms with Crippen molar-refractivity contribution in [1.29, 1.82) is 0 Å². The predicted molar refractivity (Wildman–Crippen MR) is 80.3 cm³/mol. The highest BCUT2D eigenvalue weighted by Crippen LogP contribution is 2.33. The molecule has 1 heterocycles. The summed E-state index contributed by atoms with van der Waals surface area (Å²) in [6.45, 7) is 2.02. The lowest BCUT2D eigenvalue weighted by Gasteiger charge is -2.07. The van der Waals surface area contributed by atoms with Crippen LogP contribution in [0.5, 0.6) is 0 Å². The first-order valence-electron chi connectivity index (χ1n) is 6.35. The third kappa shape index (κ3) is 4.20. The fourth-order valence-electron chi connectivity index (χ4n) is 1.54. The minimum absolute atomic E-state index is 0.174. The molecule has 0 aliphatic heterocycles. The standard InChI is InChI=1S/C13H12F3N3OS2/c1-2-7-21-9-6-4-3-5-8(9)10(20)17-12-19-18-11(22-12)13(14,15)16/h3-6H,2,7H2,1H3,(H,17,19,20). The molecule has 0 aliphatic rings. The van der Waals surface area contributed by atoms with Crippen molar-refractivity contribution < 1.29 is 18.0 Å². The lowest BCUT2D eigenvalue weighted by molar-refractivity contribution is -0.138. The van der Waals surface area contributed by atoms with Crippen LogP contribution in [0, 0.1) is 0 Å². The van der Waals surface area contributed by atoms with Gasteiger partial charge in [0.15, 0.2) is 0 Å². The second kappa shape index (κ2) is 7.10. The van der Waals surface area contributed by atoms with Crippen molar-refractivity contribution in [2.75, 3.05) is 11.1 Å². The molecule has 9 heteroatoms. The summed E-state index contributed by atoms with van der Waals surface area (Å²) in [6.07, 6.45) is -3.61. The molecule has 1 amide bonds. The maximum Gasteiger partial charge on any atom is 0.445 e. The molecule has 2 rings (SSSR count). The van der Waals surface area contributed by atoms with Gasteiger partial charge in [-0.1, -0.05) is 30.4 Å². The summed E-state index contributed by atoms with van der Waals surface area (Å²) in [5.41, 5.74) is 0.407. The van der Waals surface area contributed by atoms with Crippen LogP contribution in [0.1, 0.15) is 28.7 Å². The number of carbonyl (C=O) groups is 1. The Morgan fingerprint density at radius 1 is 1.32 bits per heavy atom. The Morgan fingerprint density at radius 2 is 2.05 bits per heavy atom. The summed E-state index contributed by atoms with van der Waals surface area (Å²) >= 11 is 1.82. The van der Waals surface area contributed by atoms with Gasteiger partial charge in [-0.25, -0.2) is 0 Å². The van der Waals surface area contributed by atoms with Crippen molar-refractivity contribution in [1.82, 2.24) is 10.2 Å². The number of alkyl halides is 3. The van der Waals surface area contributed by atoms with Crippen molar-refractivity contribution in [3.05, 3.63) is 34.8 Å². The number of benzene rings is 1. The smallest absolute Gasteiger partial charge is 0.296 e. The zero-order chi connectivity index (χ0) is 16.2. The summed E-state index contributed by atoms with van der Waals surface area (Å²) < 4.78 is 37.4. The van der Waals surface area contributed by atoms with Crippen molar-refractivity contribution in [3.8, 4) is 0 Å². The molecule has 1 N–H and O–H groups in total. The van der Waals surface area contributed by atoms with E-state index in [1.807, 2.05) is 13.0 Å². The molecule has 22 heavy (non-hydrogen) atoms. The number of thioether (sulfide) groups is 1. The molecule has 0 saturated heterocycles. The van der Waals surface area contributed by atoms with Crippen LogP contribution < -0.4 is 5.32 Å². The molecule has 0 bridgehead atoms. The fraction of sp³-hybridized carbons (Fsp3) is 0.308. The minimum atomic E-state index is -4.56. The Bertz CT molecular complexity index is 658. The second-order valence-corrected chi connectivity index (χ2v) is 6.32. The van der Waals surface area contributed by atoms with Gasteiger partial charge >= 0.3 is 6.18 Å².